The lowest BCUT2D eigenvalue weighted by Crippen LogP contribution is -2.50. The highest BCUT2D eigenvalue weighted by molar-refractivity contribution is 5.98. The van der Waals surface area contributed by atoms with Crippen LogP contribution in [0, 0.1) is 17.7 Å². The number of benzene rings is 1. The van der Waals surface area contributed by atoms with E-state index in [0.29, 0.717) is 29.8 Å². The molecule has 2 N–H and O–H groups in total. The van der Waals surface area contributed by atoms with Gasteiger partial charge in [-0.3, -0.25) is 14.4 Å². The van der Waals surface area contributed by atoms with Gasteiger partial charge in [-0.05, 0) is 30.7 Å². The van der Waals surface area contributed by atoms with Crippen molar-refractivity contribution in [2.24, 2.45) is 11.8 Å². The molecular formula is C26H26FN5O4. The van der Waals surface area contributed by atoms with Crippen molar-refractivity contribution in [1.29, 1.82) is 0 Å². The lowest BCUT2D eigenvalue weighted by atomic mass is 9.88. The second kappa shape index (κ2) is 9.62. The summed E-state index contributed by atoms with van der Waals surface area (Å²) in [6.45, 7) is 2.16. The Balaban J connectivity index is 1.63. The van der Waals surface area contributed by atoms with E-state index < -0.39 is 41.6 Å². The van der Waals surface area contributed by atoms with Crippen molar-refractivity contribution in [1.82, 2.24) is 24.8 Å². The number of carbonyl (C=O) groups excluding carboxylic acids is 2. The molecule has 4 heterocycles. The topological polar surface area (TPSA) is 117 Å². The Kier molecular flexibility index (Phi) is 6.36. The molecule has 0 bridgehead atoms. The molecule has 36 heavy (non-hydrogen) atoms. The van der Waals surface area contributed by atoms with Gasteiger partial charge >= 0.3 is 0 Å². The maximum atomic E-state index is 14.7. The number of hydrogen-bond donors (Lipinski definition) is 2. The maximum Gasteiger partial charge on any atom is 0.258 e. The number of likely N-dealkylation sites (tertiary alicyclic amines) is 1. The second-order valence-electron chi connectivity index (χ2n) is 9.10. The number of carbonyl (C=O) groups is 2. The number of aliphatic hydroxyl groups excluding tert-OH is 1. The van der Waals surface area contributed by atoms with Crippen LogP contribution in [0.1, 0.15) is 35.4 Å². The van der Waals surface area contributed by atoms with Crippen molar-refractivity contribution >= 4 is 11.8 Å². The molecule has 9 nitrogen and oxygen atoms in total. The predicted octanol–water partition coefficient (Wildman–Crippen LogP) is 1.77. The molecule has 1 saturated heterocycles. The number of nitrogens with zero attached hydrogens (tertiary/aromatic N) is 4. The molecule has 2 aromatic heterocycles. The number of amides is 2. The first-order valence-electron chi connectivity index (χ1n) is 11.9. The first-order valence-corrected chi connectivity index (χ1v) is 11.9. The van der Waals surface area contributed by atoms with Crippen LogP contribution in [-0.4, -0.2) is 55.5 Å². The van der Waals surface area contributed by atoms with Gasteiger partial charge in [-0.25, -0.2) is 14.4 Å². The highest BCUT2D eigenvalue weighted by Gasteiger charge is 2.57. The average molecular weight is 492 g/mol. The zero-order valence-electron chi connectivity index (χ0n) is 19.7. The number of aliphatic hydroxyl groups is 1. The van der Waals surface area contributed by atoms with Gasteiger partial charge in [-0.15, -0.1) is 0 Å². The number of aromatic nitrogens is 3. The predicted molar refractivity (Wildman–Crippen MR) is 128 cm³/mol. The third-order valence-electron chi connectivity index (χ3n) is 7.10. The Bertz CT molecular complexity index is 1360. The van der Waals surface area contributed by atoms with Crippen LogP contribution in [-0.2, 0) is 11.3 Å². The van der Waals surface area contributed by atoms with Gasteiger partial charge in [0.15, 0.2) is 0 Å². The minimum Gasteiger partial charge on any atom is -0.396 e. The standard InChI is InChI=1S/C26H26FN5O4/c1-2-9-30-24(34)23-19(13-33)18-12-31-21(8-7-16(25(31)35)15-10-28-14-29-11-15)22(18)32(23)26(36)17-5-3-4-6-20(17)27/h3-8,10-11,14,18-19,22-23,33H,2,9,12-13H2,1H3,(H,30,34)/t18-,19-,22+,23-/m0/s1. The molecule has 2 aliphatic heterocycles. The number of fused-ring (bicyclic) bond motifs is 3. The average Bonchev–Trinajstić information content (AvgIpc) is 3.43. The van der Waals surface area contributed by atoms with E-state index >= 15 is 0 Å². The van der Waals surface area contributed by atoms with Crippen LogP contribution in [0.15, 0.2) is 59.9 Å². The Morgan fingerprint density at radius 2 is 1.92 bits per heavy atom. The zero-order chi connectivity index (χ0) is 25.4. The van der Waals surface area contributed by atoms with Crippen molar-refractivity contribution in [2.45, 2.75) is 32.0 Å². The smallest absolute Gasteiger partial charge is 0.258 e. The van der Waals surface area contributed by atoms with Crippen molar-refractivity contribution < 1.29 is 19.1 Å². The Hall–Kier alpha value is -3.92. The minimum absolute atomic E-state index is 0.165. The first kappa shape index (κ1) is 23.8. The fourth-order valence-electron chi connectivity index (χ4n) is 5.49. The summed E-state index contributed by atoms with van der Waals surface area (Å²) in [4.78, 5) is 49.8. The summed E-state index contributed by atoms with van der Waals surface area (Å²) >= 11 is 0. The summed E-state index contributed by atoms with van der Waals surface area (Å²) in [6.07, 6.45) is 5.16. The van der Waals surface area contributed by atoms with Crippen molar-refractivity contribution in [3.63, 3.8) is 0 Å². The van der Waals surface area contributed by atoms with Crippen LogP contribution in [0.25, 0.3) is 11.1 Å². The molecule has 0 unspecified atom stereocenters. The Labute approximate surface area is 206 Å². The van der Waals surface area contributed by atoms with Crippen LogP contribution in [0.2, 0.25) is 0 Å². The van der Waals surface area contributed by atoms with E-state index in [1.54, 1.807) is 35.2 Å². The molecule has 0 radical (unpaired) electrons. The van der Waals surface area contributed by atoms with Gasteiger partial charge in [0, 0.05) is 55.2 Å². The minimum atomic E-state index is -1.00. The lowest BCUT2D eigenvalue weighted by molar-refractivity contribution is -0.126. The van der Waals surface area contributed by atoms with E-state index in [2.05, 4.69) is 15.3 Å². The van der Waals surface area contributed by atoms with Crippen LogP contribution < -0.4 is 10.9 Å². The van der Waals surface area contributed by atoms with E-state index in [9.17, 15) is 23.9 Å². The maximum absolute atomic E-state index is 14.7. The van der Waals surface area contributed by atoms with E-state index in [1.807, 2.05) is 6.92 Å². The van der Waals surface area contributed by atoms with Crippen LogP contribution in [0.5, 0.6) is 0 Å². The quantitative estimate of drug-likeness (QED) is 0.543. The SMILES string of the molecule is CCCNC(=O)[C@@H]1[C@@H](CO)[C@@H]2Cn3c(ccc(-c4cncnc4)c3=O)[C@@H]2N1C(=O)c1ccccc1F. The number of hydrogen-bond acceptors (Lipinski definition) is 6. The third-order valence-corrected chi connectivity index (χ3v) is 7.10. The van der Waals surface area contributed by atoms with Crippen LogP contribution in [0.3, 0.4) is 0 Å². The van der Waals surface area contributed by atoms with Crippen LogP contribution in [0.4, 0.5) is 4.39 Å². The summed E-state index contributed by atoms with van der Waals surface area (Å²) in [5, 5.41) is 13.2. The second-order valence-corrected chi connectivity index (χ2v) is 9.10. The molecule has 0 saturated carbocycles. The van der Waals surface area contributed by atoms with Crippen molar-refractivity contribution in [3.05, 3.63) is 82.5 Å². The summed E-state index contributed by atoms with van der Waals surface area (Å²) in [7, 11) is 0. The van der Waals surface area contributed by atoms with E-state index in [4.69, 9.17) is 0 Å². The van der Waals surface area contributed by atoms with Crippen molar-refractivity contribution in [3.8, 4) is 11.1 Å². The van der Waals surface area contributed by atoms with Gasteiger partial charge in [0.2, 0.25) is 5.91 Å². The van der Waals surface area contributed by atoms with Crippen LogP contribution >= 0.6 is 0 Å². The monoisotopic (exact) mass is 491 g/mol. The highest BCUT2D eigenvalue weighted by Crippen LogP contribution is 2.50. The molecule has 4 atom stereocenters. The molecule has 10 heteroatoms. The van der Waals surface area contributed by atoms with Crippen molar-refractivity contribution in [2.75, 3.05) is 13.2 Å². The summed E-state index contributed by atoms with van der Waals surface area (Å²) < 4.78 is 16.3. The number of rotatable bonds is 6. The largest absolute Gasteiger partial charge is 0.396 e. The number of nitrogens with one attached hydrogen (secondary N) is 1. The fourth-order valence-corrected chi connectivity index (χ4v) is 5.49. The lowest BCUT2D eigenvalue weighted by Gasteiger charge is -2.31. The highest BCUT2D eigenvalue weighted by atomic mass is 19.1. The Morgan fingerprint density at radius 3 is 2.61 bits per heavy atom. The van der Waals surface area contributed by atoms with Gasteiger partial charge in [-0.2, -0.15) is 0 Å². The summed E-state index contributed by atoms with van der Waals surface area (Å²) in [5.74, 6) is -2.79. The summed E-state index contributed by atoms with van der Waals surface area (Å²) in [5.41, 5.74) is 1.06. The molecule has 1 fully saturated rings. The molecule has 2 aliphatic rings. The molecule has 186 valence electrons. The molecule has 0 spiro atoms. The van der Waals surface area contributed by atoms with Gasteiger partial charge in [0.25, 0.3) is 11.5 Å². The van der Waals surface area contributed by atoms with E-state index in [0.717, 1.165) is 0 Å². The normalized spacial score (nSPS) is 22.2. The molecule has 0 aliphatic carbocycles. The van der Waals surface area contributed by atoms with Gasteiger partial charge < -0.3 is 19.9 Å². The van der Waals surface area contributed by atoms with Gasteiger partial charge in [-0.1, -0.05) is 19.1 Å². The summed E-state index contributed by atoms with van der Waals surface area (Å²) in [6, 6.07) is 7.32. The first-order chi connectivity index (χ1) is 17.5. The zero-order valence-corrected chi connectivity index (χ0v) is 19.7. The molecule has 2 amide bonds. The third kappa shape index (κ3) is 3.78. The molecule has 5 rings (SSSR count). The van der Waals surface area contributed by atoms with Gasteiger partial charge in [0.05, 0.1) is 17.2 Å². The van der Waals surface area contributed by atoms with E-state index in [1.165, 1.54) is 29.4 Å². The van der Waals surface area contributed by atoms with Gasteiger partial charge in [0.1, 0.15) is 18.2 Å². The number of halogens is 1. The Morgan fingerprint density at radius 1 is 1.17 bits per heavy atom. The molecule has 3 aromatic rings. The fraction of sp³-hybridized carbons (Fsp3) is 0.346. The molecule has 1 aromatic carbocycles. The number of pyridine rings is 1. The molecular weight excluding hydrogens is 465 g/mol. The van der Waals surface area contributed by atoms with E-state index in [-0.39, 0.29) is 24.3 Å².